The van der Waals surface area contributed by atoms with Crippen LogP contribution in [0.3, 0.4) is 0 Å². The fourth-order valence-corrected chi connectivity index (χ4v) is 5.18. The van der Waals surface area contributed by atoms with Crippen molar-refractivity contribution in [1.82, 2.24) is 30.3 Å². The second kappa shape index (κ2) is 12.4. The number of amides is 2. The van der Waals surface area contributed by atoms with E-state index in [4.69, 9.17) is 4.52 Å². The van der Waals surface area contributed by atoms with Crippen molar-refractivity contribution in [3.05, 3.63) is 71.3 Å². The molecule has 1 aliphatic rings. The van der Waals surface area contributed by atoms with Crippen molar-refractivity contribution >= 4 is 28.9 Å². The van der Waals surface area contributed by atoms with Gasteiger partial charge >= 0.3 is 6.01 Å². The number of aromatic amines is 1. The van der Waals surface area contributed by atoms with Gasteiger partial charge in [0.25, 0.3) is 0 Å². The average molecular weight is 566 g/mol. The highest BCUT2D eigenvalue weighted by molar-refractivity contribution is 5.90. The van der Waals surface area contributed by atoms with Crippen LogP contribution in [0.5, 0.6) is 0 Å². The molecule has 0 aliphatic carbocycles. The Morgan fingerprint density at radius 1 is 1.15 bits per heavy atom. The molecule has 1 fully saturated rings. The molecule has 2 amide bonds. The Balaban J connectivity index is 1.32. The van der Waals surface area contributed by atoms with E-state index in [1.165, 1.54) is 18.2 Å². The number of likely N-dealkylation sites (tertiary alicyclic amines) is 1. The van der Waals surface area contributed by atoms with Crippen molar-refractivity contribution < 1.29 is 22.9 Å². The lowest BCUT2D eigenvalue weighted by Crippen LogP contribution is -2.48. The number of hydrogen-bond acceptors (Lipinski definition) is 7. The molecule has 10 nitrogen and oxygen atoms in total. The van der Waals surface area contributed by atoms with Gasteiger partial charge in [0.2, 0.25) is 11.8 Å². The zero-order chi connectivity index (χ0) is 28.9. The standard InChI is InChI=1S/C29H33F2N7O3/c1-3-20-7-4-5-14-38(20)25(39)16-23(34-29-35-24(37-41-29)15-18-10-12-19(30)13-11-18)28(40)32-17(2)27-33-22-9-6-8-21(31)26(22)36-27/h6,8-13,17,20,23H,3-5,7,14-16H2,1-2H3,(H,32,40)(H,33,36)(H,34,35,37). The number of H-pyrrole nitrogens is 1. The summed E-state index contributed by atoms with van der Waals surface area (Å²) in [7, 11) is 0. The van der Waals surface area contributed by atoms with Gasteiger partial charge in [-0.05, 0) is 62.4 Å². The molecule has 0 saturated carbocycles. The highest BCUT2D eigenvalue weighted by Crippen LogP contribution is 2.23. The molecule has 3 heterocycles. The topological polar surface area (TPSA) is 129 Å². The number of rotatable bonds is 10. The van der Waals surface area contributed by atoms with E-state index in [1.54, 1.807) is 31.2 Å². The van der Waals surface area contributed by atoms with E-state index in [0.717, 1.165) is 31.2 Å². The van der Waals surface area contributed by atoms with Gasteiger partial charge in [-0.25, -0.2) is 13.8 Å². The number of carbonyl (C=O) groups is 2. The number of anilines is 1. The van der Waals surface area contributed by atoms with Crippen LogP contribution in [0.15, 0.2) is 47.0 Å². The lowest BCUT2D eigenvalue weighted by Gasteiger charge is -2.36. The van der Waals surface area contributed by atoms with Crippen molar-refractivity contribution in [2.75, 3.05) is 11.9 Å². The molecule has 2 aromatic carbocycles. The van der Waals surface area contributed by atoms with Crippen LogP contribution < -0.4 is 10.6 Å². The quantitative estimate of drug-likeness (QED) is 0.255. The second-order valence-electron chi connectivity index (χ2n) is 10.4. The minimum atomic E-state index is -1.02. The smallest absolute Gasteiger partial charge is 0.322 e. The number of hydrogen-bond donors (Lipinski definition) is 3. The molecule has 5 rings (SSSR count). The molecular weight excluding hydrogens is 532 g/mol. The Bertz CT molecular complexity index is 1500. The fraction of sp³-hybridized carbons (Fsp3) is 0.414. The largest absolute Gasteiger partial charge is 0.345 e. The number of imidazole rings is 1. The number of para-hydroxylation sites is 1. The molecule has 3 unspecified atom stereocenters. The van der Waals surface area contributed by atoms with Crippen molar-refractivity contribution in [2.24, 2.45) is 0 Å². The van der Waals surface area contributed by atoms with Gasteiger partial charge in [0.1, 0.15) is 23.2 Å². The minimum absolute atomic E-state index is 0.0146. The van der Waals surface area contributed by atoms with Gasteiger partial charge in [0.05, 0.1) is 18.0 Å². The third-order valence-corrected chi connectivity index (χ3v) is 7.41. The SMILES string of the molecule is CCC1CCCCN1C(=O)CC(Nc1nc(Cc2ccc(F)cc2)no1)C(=O)NC(C)c1nc2c(F)cccc2[nH]1. The van der Waals surface area contributed by atoms with Crippen LogP contribution in [-0.4, -0.2) is 55.5 Å². The molecule has 1 aliphatic heterocycles. The third kappa shape index (κ3) is 6.69. The summed E-state index contributed by atoms with van der Waals surface area (Å²) in [6.45, 7) is 4.42. The van der Waals surface area contributed by atoms with E-state index in [2.05, 4.69) is 37.7 Å². The molecule has 2 aromatic heterocycles. The van der Waals surface area contributed by atoms with Crippen molar-refractivity contribution in [1.29, 1.82) is 0 Å². The molecule has 216 valence electrons. The van der Waals surface area contributed by atoms with Gasteiger partial charge in [-0.15, -0.1) is 0 Å². The first kappa shape index (κ1) is 28.2. The Kier molecular flexibility index (Phi) is 8.55. The van der Waals surface area contributed by atoms with E-state index >= 15 is 0 Å². The van der Waals surface area contributed by atoms with Crippen molar-refractivity contribution in [2.45, 2.75) is 70.5 Å². The number of fused-ring (bicyclic) bond motifs is 1. The Labute approximate surface area is 235 Å². The molecule has 41 heavy (non-hydrogen) atoms. The maximum atomic E-state index is 14.2. The Hall–Kier alpha value is -4.35. The first-order chi connectivity index (χ1) is 19.8. The molecule has 0 bridgehead atoms. The zero-order valence-electron chi connectivity index (χ0n) is 23.0. The summed E-state index contributed by atoms with van der Waals surface area (Å²) in [6, 6.07) is 9.04. The van der Waals surface area contributed by atoms with Crippen LogP contribution in [0.4, 0.5) is 14.8 Å². The summed E-state index contributed by atoms with van der Waals surface area (Å²) in [6.07, 6.45) is 3.93. The molecule has 3 atom stereocenters. The summed E-state index contributed by atoms with van der Waals surface area (Å²) < 4.78 is 32.8. The zero-order valence-corrected chi connectivity index (χ0v) is 23.0. The number of piperidine rings is 1. The summed E-state index contributed by atoms with van der Waals surface area (Å²) in [5, 5.41) is 9.77. The molecule has 1 saturated heterocycles. The molecule has 4 aromatic rings. The number of nitrogens with zero attached hydrogens (tertiary/aromatic N) is 4. The van der Waals surface area contributed by atoms with Gasteiger partial charge < -0.3 is 25.0 Å². The molecule has 12 heteroatoms. The van der Waals surface area contributed by atoms with Crippen LogP contribution >= 0.6 is 0 Å². The van der Waals surface area contributed by atoms with Crippen molar-refractivity contribution in [3.8, 4) is 0 Å². The van der Waals surface area contributed by atoms with Crippen LogP contribution in [0.1, 0.15) is 69.2 Å². The Morgan fingerprint density at radius 3 is 2.71 bits per heavy atom. The predicted molar refractivity (Wildman–Crippen MR) is 148 cm³/mol. The summed E-state index contributed by atoms with van der Waals surface area (Å²) in [5.74, 6) is -0.713. The molecule has 3 N–H and O–H groups in total. The number of benzene rings is 2. The van der Waals surface area contributed by atoms with E-state index in [0.29, 0.717) is 30.1 Å². The fourth-order valence-electron chi connectivity index (χ4n) is 5.18. The lowest BCUT2D eigenvalue weighted by atomic mass is 9.99. The van der Waals surface area contributed by atoms with E-state index in [-0.39, 0.29) is 35.7 Å². The second-order valence-corrected chi connectivity index (χ2v) is 10.4. The van der Waals surface area contributed by atoms with Crippen LogP contribution in [-0.2, 0) is 16.0 Å². The van der Waals surface area contributed by atoms with Gasteiger partial charge in [0, 0.05) is 19.0 Å². The van der Waals surface area contributed by atoms with E-state index < -0.39 is 23.8 Å². The maximum Gasteiger partial charge on any atom is 0.322 e. The highest BCUT2D eigenvalue weighted by Gasteiger charge is 2.31. The molecule has 0 radical (unpaired) electrons. The predicted octanol–water partition coefficient (Wildman–Crippen LogP) is 4.65. The van der Waals surface area contributed by atoms with Crippen LogP contribution in [0, 0.1) is 11.6 Å². The maximum absolute atomic E-state index is 14.2. The number of aromatic nitrogens is 4. The Morgan fingerprint density at radius 2 is 1.95 bits per heavy atom. The van der Waals surface area contributed by atoms with E-state index in [1.807, 2.05) is 4.90 Å². The third-order valence-electron chi connectivity index (χ3n) is 7.41. The number of halogens is 2. The summed E-state index contributed by atoms with van der Waals surface area (Å²) >= 11 is 0. The van der Waals surface area contributed by atoms with Gasteiger partial charge in [-0.3, -0.25) is 9.59 Å². The van der Waals surface area contributed by atoms with Gasteiger partial charge in [-0.1, -0.05) is 30.3 Å². The minimum Gasteiger partial charge on any atom is -0.345 e. The van der Waals surface area contributed by atoms with E-state index in [9.17, 15) is 18.4 Å². The summed E-state index contributed by atoms with van der Waals surface area (Å²) in [5.41, 5.74) is 1.49. The normalized spacial score (nSPS) is 16.9. The average Bonchev–Trinajstić information content (AvgIpc) is 3.61. The molecule has 0 spiro atoms. The van der Waals surface area contributed by atoms with Gasteiger partial charge in [0.15, 0.2) is 11.6 Å². The van der Waals surface area contributed by atoms with Crippen LogP contribution in [0.25, 0.3) is 11.0 Å². The lowest BCUT2D eigenvalue weighted by molar-refractivity contribution is -0.137. The first-order valence-corrected chi connectivity index (χ1v) is 13.9. The van der Waals surface area contributed by atoms with Crippen LogP contribution in [0.2, 0.25) is 0 Å². The number of carbonyl (C=O) groups excluding carboxylic acids is 2. The number of nitrogens with one attached hydrogen (secondary N) is 3. The first-order valence-electron chi connectivity index (χ1n) is 13.9. The highest BCUT2D eigenvalue weighted by atomic mass is 19.1. The summed E-state index contributed by atoms with van der Waals surface area (Å²) in [4.78, 5) is 40.5. The van der Waals surface area contributed by atoms with Gasteiger partial charge in [-0.2, -0.15) is 4.98 Å². The van der Waals surface area contributed by atoms with Crippen molar-refractivity contribution in [3.63, 3.8) is 0 Å². The monoisotopic (exact) mass is 565 g/mol. The molecular formula is C29H33F2N7O3.